The second-order valence-corrected chi connectivity index (χ2v) is 1.82. The van der Waals surface area contributed by atoms with Gasteiger partial charge in [-0.05, 0) is 0 Å². The van der Waals surface area contributed by atoms with Crippen molar-refractivity contribution in [3.63, 3.8) is 0 Å². The summed E-state index contributed by atoms with van der Waals surface area (Å²) in [4.78, 5) is 16.9. The molecule has 0 bridgehead atoms. The smallest absolute Gasteiger partial charge is 0.240 e. The molecule has 0 saturated carbocycles. The molecule has 6 nitrogen and oxygen atoms in total. The molecule has 5 N–H and O–H groups in total. The van der Waals surface area contributed by atoms with Crippen molar-refractivity contribution < 1.29 is 9.90 Å². The third-order valence-corrected chi connectivity index (χ3v) is 1.08. The zero-order chi connectivity index (χ0) is 8.43. The van der Waals surface area contributed by atoms with Crippen molar-refractivity contribution in [1.29, 1.82) is 0 Å². The van der Waals surface area contributed by atoms with Gasteiger partial charge in [0, 0.05) is 0 Å². The number of nitrogens with zero attached hydrogens (tertiary/aromatic N) is 2. The standard InChI is InChI=1S/C5H6N4O2/c6-3-4(7)8-2(1-10)9-5(3)11/h1H,6H2,(H3,7,8,9,11). The van der Waals surface area contributed by atoms with Gasteiger partial charge in [0.25, 0.3) is 0 Å². The highest BCUT2D eigenvalue weighted by atomic mass is 16.3. The number of hydrogen-bond acceptors (Lipinski definition) is 6. The lowest BCUT2D eigenvalue weighted by molar-refractivity contribution is 0.111. The molecule has 11 heavy (non-hydrogen) atoms. The van der Waals surface area contributed by atoms with Crippen LogP contribution in [0.3, 0.4) is 0 Å². The Labute approximate surface area is 61.9 Å². The molecule has 0 aliphatic rings. The second-order valence-electron chi connectivity index (χ2n) is 1.82. The van der Waals surface area contributed by atoms with Gasteiger partial charge in [-0.15, -0.1) is 0 Å². The van der Waals surface area contributed by atoms with Crippen molar-refractivity contribution in [3.8, 4) is 5.88 Å². The summed E-state index contributed by atoms with van der Waals surface area (Å²) in [5.41, 5.74) is 10.3. The van der Waals surface area contributed by atoms with E-state index in [1.165, 1.54) is 0 Å². The highest BCUT2D eigenvalue weighted by Crippen LogP contribution is 2.20. The maximum atomic E-state index is 10.1. The predicted octanol–water partition coefficient (Wildman–Crippen LogP) is -0.841. The average Bonchev–Trinajstić information content (AvgIpc) is 1.99. The number of anilines is 2. The Kier molecular flexibility index (Phi) is 1.59. The fourth-order valence-corrected chi connectivity index (χ4v) is 0.545. The van der Waals surface area contributed by atoms with Gasteiger partial charge in [0.1, 0.15) is 5.69 Å². The van der Waals surface area contributed by atoms with E-state index < -0.39 is 5.88 Å². The van der Waals surface area contributed by atoms with Crippen LogP contribution in [0.4, 0.5) is 11.5 Å². The fraction of sp³-hybridized carbons (Fsp3) is 0. The summed E-state index contributed by atoms with van der Waals surface area (Å²) >= 11 is 0. The average molecular weight is 154 g/mol. The lowest BCUT2D eigenvalue weighted by Crippen LogP contribution is -2.03. The van der Waals surface area contributed by atoms with E-state index in [0.29, 0.717) is 6.29 Å². The van der Waals surface area contributed by atoms with Gasteiger partial charge in [0.2, 0.25) is 5.88 Å². The maximum Gasteiger partial charge on any atom is 0.240 e. The summed E-state index contributed by atoms with van der Waals surface area (Å²) in [5.74, 6) is -0.756. The normalized spacial score (nSPS) is 9.45. The van der Waals surface area contributed by atoms with E-state index >= 15 is 0 Å². The molecule has 0 atom stereocenters. The first-order valence-corrected chi connectivity index (χ1v) is 2.72. The van der Waals surface area contributed by atoms with Gasteiger partial charge >= 0.3 is 0 Å². The Morgan fingerprint density at radius 2 is 2.00 bits per heavy atom. The van der Waals surface area contributed by atoms with Crippen LogP contribution in [0, 0.1) is 0 Å². The van der Waals surface area contributed by atoms with E-state index in [2.05, 4.69) is 9.97 Å². The molecule has 0 spiro atoms. The molecular weight excluding hydrogens is 148 g/mol. The third kappa shape index (κ3) is 1.18. The van der Waals surface area contributed by atoms with Crippen LogP contribution in [-0.4, -0.2) is 21.4 Å². The molecular formula is C5H6N4O2. The van der Waals surface area contributed by atoms with Gasteiger partial charge in [0.15, 0.2) is 17.9 Å². The molecule has 1 aromatic heterocycles. The first kappa shape index (κ1) is 7.26. The second kappa shape index (κ2) is 2.41. The quantitative estimate of drug-likeness (QED) is 0.454. The number of hydrogen-bond donors (Lipinski definition) is 3. The molecule has 0 aliphatic heterocycles. The number of aromatic hydroxyl groups is 1. The van der Waals surface area contributed by atoms with Crippen molar-refractivity contribution in [2.75, 3.05) is 11.5 Å². The summed E-state index contributed by atoms with van der Waals surface area (Å²) in [6.45, 7) is 0. The topological polar surface area (TPSA) is 115 Å². The number of nitrogens with two attached hydrogens (primary N) is 2. The van der Waals surface area contributed by atoms with E-state index in [0.717, 1.165) is 0 Å². The van der Waals surface area contributed by atoms with Crippen LogP contribution in [0.15, 0.2) is 0 Å². The SMILES string of the molecule is Nc1nc(C=O)nc(O)c1N. The molecule has 1 aromatic rings. The molecule has 0 aromatic carbocycles. The van der Waals surface area contributed by atoms with Crippen molar-refractivity contribution in [3.05, 3.63) is 5.82 Å². The van der Waals surface area contributed by atoms with Crippen LogP contribution in [0.25, 0.3) is 0 Å². The first-order valence-electron chi connectivity index (χ1n) is 2.72. The highest BCUT2D eigenvalue weighted by Gasteiger charge is 2.06. The van der Waals surface area contributed by atoms with Crippen molar-refractivity contribution in [2.24, 2.45) is 0 Å². The summed E-state index contributed by atoms with van der Waals surface area (Å²) in [6, 6.07) is 0. The van der Waals surface area contributed by atoms with Crippen molar-refractivity contribution in [1.82, 2.24) is 9.97 Å². The van der Waals surface area contributed by atoms with Gasteiger partial charge in [-0.25, -0.2) is 4.98 Å². The Morgan fingerprint density at radius 1 is 1.36 bits per heavy atom. The van der Waals surface area contributed by atoms with E-state index in [1.807, 2.05) is 0 Å². The monoisotopic (exact) mass is 154 g/mol. The predicted molar refractivity (Wildman–Crippen MR) is 37.9 cm³/mol. The number of rotatable bonds is 1. The van der Waals surface area contributed by atoms with Crippen LogP contribution >= 0.6 is 0 Å². The molecule has 0 saturated heterocycles. The van der Waals surface area contributed by atoms with Crippen LogP contribution in [0.2, 0.25) is 0 Å². The molecule has 0 fully saturated rings. The molecule has 0 aliphatic carbocycles. The van der Waals surface area contributed by atoms with E-state index in [-0.39, 0.29) is 17.3 Å². The first-order chi connectivity index (χ1) is 5.15. The minimum absolute atomic E-state index is 0.0976. The zero-order valence-corrected chi connectivity index (χ0v) is 5.48. The molecule has 0 radical (unpaired) electrons. The lowest BCUT2D eigenvalue weighted by atomic mass is 10.4. The van der Waals surface area contributed by atoms with Crippen molar-refractivity contribution >= 4 is 17.8 Å². The number of nitrogen functional groups attached to an aromatic ring is 2. The Bertz CT molecular complexity index is 276. The molecule has 1 heterocycles. The highest BCUT2D eigenvalue weighted by molar-refractivity contribution is 5.73. The molecule has 6 heteroatoms. The van der Waals surface area contributed by atoms with Gasteiger partial charge in [-0.2, -0.15) is 4.98 Å². The number of carbonyl (C=O) groups is 1. The fourth-order valence-electron chi connectivity index (χ4n) is 0.545. The van der Waals surface area contributed by atoms with E-state index in [9.17, 15) is 4.79 Å². The third-order valence-electron chi connectivity index (χ3n) is 1.08. The van der Waals surface area contributed by atoms with Gasteiger partial charge in [-0.3, -0.25) is 4.79 Å². The van der Waals surface area contributed by atoms with Crippen molar-refractivity contribution in [2.45, 2.75) is 0 Å². The van der Waals surface area contributed by atoms with E-state index in [4.69, 9.17) is 16.6 Å². The Balaban J connectivity index is 3.31. The van der Waals surface area contributed by atoms with Gasteiger partial charge < -0.3 is 16.6 Å². The summed E-state index contributed by atoms with van der Waals surface area (Å²) < 4.78 is 0. The molecule has 1 rings (SSSR count). The largest absolute Gasteiger partial charge is 0.492 e. The van der Waals surface area contributed by atoms with Crippen LogP contribution in [-0.2, 0) is 0 Å². The van der Waals surface area contributed by atoms with Crippen LogP contribution < -0.4 is 11.5 Å². The number of carbonyl (C=O) groups excluding carboxylic acids is 1. The molecule has 58 valence electrons. The molecule has 0 amide bonds. The van der Waals surface area contributed by atoms with Gasteiger partial charge in [-0.1, -0.05) is 0 Å². The Morgan fingerprint density at radius 3 is 2.45 bits per heavy atom. The zero-order valence-electron chi connectivity index (χ0n) is 5.48. The lowest BCUT2D eigenvalue weighted by Gasteiger charge is -1.99. The summed E-state index contributed by atoms with van der Waals surface area (Å²) in [5, 5.41) is 8.90. The summed E-state index contributed by atoms with van der Waals surface area (Å²) in [7, 11) is 0. The van der Waals surface area contributed by atoms with E-state index in [1.54, 1.807) is 0 Å². The van der Waals surface area contributed by atoms with Crippen LogP contribution in [0.5, 0.6) is 5.88 Å². The summed E-state index contributed by atoms with van der Waals surface area (Å²) in [6.07, 6.45) is 0.371. The van der Waals surface area contributed by atoms with Gasteiger partial charge in [0.05, 0.1) is 0 Å². The minimum Gasteiger partial charge on any atom is -0.492 e. The number of aromatic nitrogens is 2. The van der Waals surface area contributed by atoms with Crippen LogP contribution in [0.1, 0.15) is 10.6 Å². The molecule has 0 unspecified atom stereocenters. The Hall–Kier alpha value is -1.85. The maximum absolute atomic E-state index is 10.1. The number of aldehydes is 1. The minimum atomic E-state index is -0.473.